The lowest BCUT2D eigenvalue weighted by atomic mass is 9.91. The first-order valence-electron chi connectivity index (χ1n) is 16.3. The summed E-state index contributed by atoms with van der Waals surface area (Å²) in [7, 11) is 0. The maximum Gasteiger partial charge on any atom is 0.159 e. The van der Waals surface area contributed by atoms with Gasteiger partial charge in [0.05, 0.1) is 21.9 Å². The maximum absolute atomic E-state index is 16.4. The van der Waals surface area contributed by atoms with Gasteiger partial charge in [-0.15, -0.1) is 0 Å². The number of hydrogen-bond donors (Lipinski definition) is 1. The van der Waals surface area contributed by atoms with E-state index in [1.807, 2.05) is 54.6 Å². The highest BCUT2D eigenvalue weighted by Gasteiger charge is 2.25. The molecule has 5 heterocycles. The van der Waals surface area contributed by atoms with E-state index >= 15 is 4.39 Å². The van der Waals surface area contributed by atoms with Crippen LogP contribution in [-0.4, -0.2) is 29.9 Å². The molecule has 1 aliphatic rings. The first-order chi connectivity index (χ1) is 24.5. The summed E-state index contributed by atoms with van der Waals surface area (Å²) in [6.45, 7) is 0. The van der Waals surface area contributed by atoms with E-state index in [1.165, 1.54) is 24.7 Å². The van der Waals surface area contributed by atoms with Crippen molar-refractivity contribution in [3.8, 4) is 55.9 Å². The molecule has 0 atom stereocenters. The fourth-order valence-corrected chi connectivity index (χ4v) is 6.89. The molecule has 7 nitrogen and oxygen atoms in total. The zero-order valence-electron chi connectivity index (χ0n) is 26.6. The third kappa shape index (κ3) is 5.30. The van der Waals surface area contributed by atoms with Gasteiger partial charge in [0.25, 0.3) is 0 Å². The Morgan fingerprint density at radius 3 is 2.18 bits per heavy atom. The van der Waals surface area contributed by atoms with E-state index in [-0.39, 0.29) is 16.4 Å². The summed E-state index contributed by atoms with van der Waals surface area (Å²) in [6, 6.07) is 29.4. The summed E-state index contributed by atoms with van der Waals surface area (Å²) in [5.41, 5.74) is 16.1. The number of fused-ring (bicyclic) bond motifs is 2. The van der Waals surface area contributed by atoms with Crippen LogP contribution in [0.25, 0.3) is 77.8 Å². The molecule has 0 saturated heterocycles. The van der Waals surface area contributed by atoms with Crippen molar-refractivity contribution >= 4 is 39.4 Å². The van der Waals surface area contributed by atoms with Crippen molar-refractivity contribution in [1.82, 2.24) is 29.9 Å². The fraction of sp³-hybridized carbons (Fsp3) is 0.0732. The Balaban J connectivity index is 1.24. The van der Waals surface area contributed by atoms with Gasteiger partial charge in [0, 0.05) is 74.5 Å². The Labute approximate surface area is 291 Å². The number of aromatic nitrogens is 6. The number of halogens is 2. The van der Waals surface area contributed by atoms with Crippen LogP contribution in [-0.2, 0) is 0 Å². The maximum atomic E-state index is 16.4. The smallest absolute Gasteiger partial charge is 0.159 e. The lowest BCUT2D eigenvalue weighted by molar-refractivity contribution is 0.632. The van der Waals surface area contributed by atoms with Crippen molar-refractivity contribution in [3.05, 3.63) is 139 Å². The lowest BCUT2D eigenvalue weighted by Gasteiger charge is -2.16. The molecule has 50 heavy (non-hydrogen) atoms. The SMILES string of the molecule is Nc1ncnc2c(-c3cc(-c4ncccc4-c4cnc5ncccc5c4)cc(Cl)c3F)cc(-c3cccnc3-c3cccc(C4CC4)c3)cc12. The van der Waals surface area contributed by atoms with Crippen LogP contribution in [0.15, 0.2) is 122 Å². The molecule has 1 fully saturated rings. The summed E-state index contributed by atoms with van der Waals surface area (Å²) in [5.74, 6) is 0.304. The quantitative estimate of drug-likeness (QED) is 0.188. The summed E-state index contributed by atoms with van der Waals surface area (Å²) in [6.07, 6.45) is 10.8. The number of anilines is 1. The zero-order chi connectivity index (χ0) is 33.8. The number of nitrogens with two attached hydrogens (primary N) is 1. The molecule has 2 N–H and O–H groups in total. The van der Waals surface area contributed by atoms with Gasteiger partial charge >= 0.3 is 0 Å². The third-order valence-electron chi connectivity index (χ3n) is 9.26. The molecule has 0 unspecified atom stereocenters. The predicted molar refractivity (Wildman–Crippen MR) is 197 cm³/mol. The largest absolute Gasteiger partial charge is 0.383 e. The molecule has 240 valence electrons. The Hall–Kier alpha value is -6.12. The summed E-state index contributed by atoms with van der Waals surface area (Å²) in [4.78, 5) is 27.3. The van der Waals surface area contributed by atoms with E-state index in [0.29, 0.717) is 39.3 Å². The van der Waals surface area contributed by atoms with Crippen LogP contribution in [0.1, 0.15) is 24.3 Å². The second-order valence-electron chi connectivity index (χ2n) is 12.5. The molecule has 8 aromatic rings. The standard InChI is InChI=1S/C41H27ClFN7/c42-35-20-28(38-31(9-4-13-46-38)29-16-26-7-2-14-47-41(26)48-21-29)19-32(36(35)43)33-17-27(18-34-39(33)49-22-50-40(34)44)30-8-3-12-45-37(30)25-6-1-5-24(15-25)23-10-11-23/h1-9,12-23H,10-11H2,(H2,44,49,50). The van der Waals surface area contributed by atoms with E-state index in [9.17, 15) is 0 Å². The van der Waals surface area contributed by atoms with Crippen LogP contribution in [0.4, 0.5) is 10.2 Å². The molecular weight excluding hydrogens is 645 g/mol. The van der Waals surface area contributed by atoms with Crippen LogP contribution in [0.2, 0.25) is 5.02 Å². The van der Waals surface area contributed by atoms with Gasteiger partial charge in [-0.3, -0.25) is 9.97 Å². The van der Waals surface area contributed by atoms with Gasteiger partial charge in [-0.2, -0.15) is 0 Å². The van der Waals surface area contributed by atoms with Crippen molar-refractivity contribution < 1.29 is 4.39 Å². The highest BCUT2D eigenvalue weighted by Crippen LogP contribution is 2.44. The molecule has 0 spiro atoms. The molecule has 0 bridgehead atoms. The molecule has 1 aliphatic carbocycles. The van der Waals surface area contributed by atoms with Crippen molar-refractivity contribution in [2.75, 3.05) is 5.73 Å². The average molecular weight is 672 g/mol. The van der Waals surface area contributed by atoms with E-state index in [2.05, 4.69) is 44.2 Å². The molecule has 0 amide bonds. The van der Waals surface area contributed by atoms with Crippen molar-refractivity contribution in [2.45, 2.75) is 18.8 Å². The number of nitrogens with zero attached hydrogens (tertiary/aromatic N) is 6. The topological polar surface area (TPSA) is 103 Å². The van der Waals surface area contributed by atoms with Gasteiger partial charge in [-0.25, -0.2) is 24.3 Å². The third-order valence-corrected chi connectivity index (χ3v) is 9.54. The summed E-state index contributed by atoms with van der Waals surface area (Å²) < 4.78 is 16.4. The highest BCUT2D eigenvalue weighted by atomic mass is 35.5. The van der Waals surface area contributed by atoms with Crippen LogP contribution in [0.3, 0.4) is 0 Å². The second-order valence-corrected chi connectivity index (χ2v) is 12.9. The molecule has 9 rings (SSSR count). The monoisotopic (exact) mass is 671 g/mol. The first-order valence-corrected chi connectivity index (χ1v) is 16.7. The highest BCUT2D eigenvalue weighted by molar-refractivity contribution is 6.31. The Bertz CT molecular complexity index is 2620. The Morgan fingerprint density at radius 2 is 1.36 bits per heavy atom. The molecule has 3 aromatic carbocycles. The van der Waals surface area contributed by atoms with Crippen molar-refractivity contribution in [2.24, 2.45) is 0 Å². The van der Waals surface area contributed by atoms with Gasteiger partial charge in [0.15, 0.2) is 5.65 Å². The minimum absolute atomic E-state index is 0.0468. The minimum Gasteiger partial charge on any atom is -0.383 e. The van der Waals surface area contributed by atoms with Crippen LogP contribution in [0, 0.1) is 5.82 Å². The number of nitrogen functional groups attached to an aromatic ring is 1. The zero-order valence-corrected chi connectivity index (χ0v) is 27.3. The normalized spacial score (nSPS) is 12.8. The Kier molecular flexibility index (Phi) is 7.25. The number of benzene rings is 3. The molecule has 5 aromatic heterocycles. The first kappa shape index (κ1) is 30.0. The number of hydrogen-bond acceptors (Lipinski definition) is 7. The minimum atomic E-state index is -0.578. The number of pyridine rings is 4. The summed E-state index contributed by atoms with van der Waals surface area (Å²) in [5, 5.41) is 1.44. The molecule has 0 aliphatic heterocycles. The lowest BCUT2D eigenvalue weighted by Crippen LogP contribution is -1.99. The van der Waals surface area contributed by atoms with E-state index in [4.69, 9.17) is 27.3 Å². The van der Waals surface area contributed by atoms with Gasteiger partial charge in [0.1, 0.15) is 18.0 Å². The molecule has 0 radical (unpaired) electrons. The second kappa shape index (κ2) is 12.1. The number of rotatable bonds is 6. The fourth-order valence-electron chi connectivity index (χ4n) is 6.68. The van der Waals surface area contributed by atoms with E-state index < -0.39 is 5.82 Å². The average Bonchev–Trinajstić information content (AvgIpc) is 4.02. The van der Waals surface area contributed by atoms with Gasteiger partial charge in [-0.05, 0) is 90.6 Å². The van der Waals surface area contributed by atoms with Gasteiger partial charge < -0.3 is 5.73 Å². The van der Waals surface area contributed by atoms with Crippen LogP contribution in [0.5, 0.6) is 0 Å². The predicted octanol–water partition coefficient (Wildman–Crippen LogP) is 9.95. The van der Waals surface area contributed by atoms with Gasteiger partial charge in [0.2, 0.25) is 0 Å². The summed E-state index contributed by atoms with van der Waals surface area (Å²) >= 11 is 6.69. The molecular formula is C41H27ClFN7. The molecule has 1 saturated carbocycles. The molecule has 9 heteroatoms. The van der Waals surface area contributed by atoms with Crippen LogP contribution < -0.4 is 5.73 Å². The Morgan fingerprint density at radius 1 is 0.620 bits per heavy atom. The van der Waals surface area contributed by atoms with Crippen LogP contribution >= 0.6 is 11.6 Å². The van der Waals surface area contributed by atoms with Crippen molar-refractivity contribution in [1.29, 1.82) is 0 Å². The van der Waals surface area contributed by atoms with Crippen molar-refractivity contribution in [3.63, 3.8) is 0 Å². The van der Waals surface area contributed by atoms with Gasteiger partial charge in [-0.1, -0.05) is 41.9 Å². The van der Waals surface area contributed by atoms with E-state index in [0.717, 1.165) is 38.9 Å². The van der Waals surface area contributed by atoms with E-state index in [1.54, 1.807) is 36.9 Å².